The summed E-state index contributed by atoms with van der Waals surface area (Å²) in [5.74, 6) is 0.375. The first-order valence-corrected chi connectivity index (χ1v) is 9.56. The fourth-order valence-electron chi connectivity index (χ4n) is 3.16. The first kappa shape index (κ1) is 20.7. The number of hydrogen-bond acceptors (Lipinski definition) is 4. The van der Waals surface area contributed by atoms with Gasteiger partial charge in [0.2, 0.25) is 11.8 Å². The van der Waals surface area contributed by atoms with E-state index in [1.807, 2.05) is 14.0 Å². The van der Waals surface area contributed by atoms with Crippen molar-refractivity contribution in [2.24, 2.45) is 5.92 Å². The van der Waals surface area contributed by atoms with Gasteiger partial charge in [0.25, 0.3) is 0 Å². The SMILES string of the molecule is CNCCC1CCN(CC(=O)NCC(=O)Nc2cccc(Cl)c2C)CC1. The molecular formula is C19H29ClN4O2. The second-order valence-electron chi connectivity index (χ2n) is 6.85. The van der Waals surface area contributed by atoms with Crippen molar-refractivity contribution in [1.29, 1.82) is 0 Å². The van der Waals surface area contributed by atoms with Gasteiger partial charge in [-0.2, -0.15) is 0 Å². The molecule has 0 aromatic heterocycles. The Bertz CT molecular complexity index is 616. The summed E-state index contributed by atoms with van der Waals surface area (Å²) in [5, 5.41) is 9.26. The van der Waals surface area contributed by atoms with E-state index in [-0.39, 0.29) is 18.4 Å². The Morgan fingerprint density at radius 2 is 1.96 bits per heavy atom. The highest BCUT2D eigenvalue weighted by molar-refractivity contribution is 6.31. The monoisotopic (exact) mass is 380 g/mol. The number of rotatable bonds is 8. The Morgan fingerprint density at radius 3 is 2.65 bits per heavy atom. The van der Waals surface area contributed by atoms with Gasteiger partial charge in [-0.3, -0.25) is 14.5 Å². The number of carbonyl (C=O) groups is 2. The maximum absolute atomic E-state index is 12.1. The van der Waals surface area contributed by atoms with Gasteiger partial charge in [0.05, 0.1) is 13.1 Å². The lowest BCUT2D eigenvalue weighted by Crippen LogP contribution is -2.43. The van der Waals surface area contributed by atoms with Crippen LogP contribution in [0.3, 0.4) is 0 Å². The molecule has 2 rings (SSSR count). The molecule has 3 N–H and O–H groups in total. The molecule has 0 aliphatic carbocycles. The Hall–Kier alpha value is -1.63. The summed E-state index contributed by atoms with van der Waals surface area (Å²) in [5.41, 5.74) is 1.48. The molecule has 1 aromatic carbocycles. The second-order valence-corrected chi connectivity index (χ2v) is 7.26. The van der Waals surface area contributed by atoms with Crippen LogP contribution in [0.25, 0.3) is 0 Å². The van der Waals surface area contributed by atoms with Crippen molar-refractivity contribution in [2.75, 3.05) is 45.1 Å². The van der Waals surface area contributed by atoms with Crippen molar-refractivity contribution in [2.45, 2.75) is 26.2 Å². The zero-order valence-corrected chi connectivity index (χ0v) is 16.4. The molecule has 0 saturated carbocycles. The molecule has 0 bridgehead atoms. The van der Waals surface area contributed by atoms with Crippen LogP contribution in [-0.2, 0) is 9.59 Å². The topological polar surface area (TPSA) is 73.5 Å². The van der Waals surface area contributed by atoms with Crippen LogP contribution in [0.1, 0.15) is 24.8 Å². The third-order valence-corrected chi connectivity index (χ3v) is 5.27. The summed E-state index contributed by atoms with van der Waals surface area (Å²) in [6.45, 7) is 5.08. The molecule has 1 fully saturated rings. The van der Waals surface area contributed by atoms with Gasteiger partial charge in [0.1, 0.15) is 0 Å². The Morgan fingerprint density at radius 1 is 1.23 bits per heavy atom. The van der Waals surface area contributed by atoms with Crippen molar-refractivity contribution >= 4 is 29.1 Å². The minimum Gasteiger partial charge on any atom is -0.346 e. The van der Waals surface area contributed by atoms with Crippen LogP contribution in [-0.4, -0.2) is 56.5 Å². The van der Waals surface area contributed by atoms with Crippen LogP contribution in [0, 0.1) is 12.8 Å². The van der Waals surface area contributed by atoms with Crippen LogP contribution in [0.5, 0.6) is 0 Å². The van der Waals surface area contributed by atoms with Crippen LogP contribution in [0.15, 0.2) is 18.2 Å². The Labute approximate surface area is 160 Å². The molecule has 0 spiro atoms. The minimum atomic E-state index is -0.255. The molecule has 6 nitrogen and oxygen atoms in total. The Balaban J connectivity index is 1.67. The average molecular weight is 381 g/mol. The van der Waals surface area contributed by atoms with Crippen LogP contribution in [0.2, 0.25) is 5.02 Å². The molecule has 144 valence electrons. The Kier molecular flexibility index (Phi) is 8.35. The molecular weight excluding hydrogens is 352 g/mol. The van der Waals surface area contributed by atoms with Gasteiger partial charge >= 0.3 is 0 Å². The number of amides is 2. The lowest BCUT2D eigenvalue weighted by Gasteiger charge is -2.31. The molecule has 1 aliphatic rings. The number of piperidine rings is 1. The maximum Gasteiger partial charge on any atom is 0.243 e. The highest BCUT2D eigenvalue weighted by Gasteiger charge is 2.20. The van der Waals surface area contributed by atoms with Crippen LogP contribution in [0.4, 0.5) is 5.69 Å². The van der Waals surface area contributed by atoms with E-state index in [4.69, 9.17) is 11.6 Å². The predicted octanol–water partition coefficient (Wildman–Crippen LogP) is 2.02. The molecule has 1 aromatic rings. The summed E-state index contributed by atoms with van der Waals surface area (Å²) in [6, 6.07) is 5.35. The number of nitrogens with one attached hydrogen (secondary N) is 3. The normalized spacial score (nSPS) is 15.7. The fraction of sp³-hybridized carbons (Fsp3) is 0.579. The average Bonchev–Trinajstić information content (AvgIpc) is 2.63. The molecule has 2 amide bonds. The fourth-order valence-corrected chi connectivity index (χ4v) is 3.33. The summed E-state index contributed by atoms with van der Waals surface area (Å²) in [4.78, 5) is 26.3. The van der Waals surface area contributed by atoms with E-state index in [9.17, 15) is 9.59 Å². The van der Waals surface area contributed by atoms with Crippen LogP contribution < -0.4 is 16.0 Å². The zero-order chi connectivity index (χ0) is 18.9. The van der Waals surface area contributed by atoms with Crippen molar-refractivity contribution in [1.82, 2.24) is 15.5 Å². The van der Waals surface area contributed by atoms with Crippen LogP contribution >= 0.6 is 11.6 Å². The molecule has 0 atom stereocenters. The summed E-state index contributed by atoms with van der Waals surface area (Å²) < 4.78 is 0. The highest BCUT2D eigenvalue weighted by atomic mass is 35.5. The van der Waals surface area contributed by atoms with E-state index in [1.165, 1.54) is 6.42 Å². The van der Waals surface area contributed by atoms with E-state index < -0.39 is 0 Å². The van der Waals surface area contributed by atoms with Gasteiger partial charge in [-0.25, -0.2) is 0 Å². The van der Waals surface area contributed by atoms with Crippen molar-refractivity contribution in [3.05, 3.63) is 28.8 Å². The van der Waals surface area contributed by atoms with Crippen molar-refractivity contribution < 1.29 is 9.59 Å². The molecule has 7 heteroatoms. The minimum absolute atomic E-state index is 0.0383. The summed E-state index contributed by atoms with van der Waals surface area (Å²) in [6.07, 6.45) is 3.45. The van der Waals surface area contributed by atoms with Gasteiger partial charge in [0, 0.05) is 10.7 Å². The van der Waals surface area contributed by atoms with Crippen molar-refractivity contribution in [3.8, 4) is 0 Å². The number of benzene rings is 1. The molecule has 0 unspecified atom stereocenters. The number of likely N-dealkylation sites (tertiary alicyclic amines) is 1. The number of halogens is 1. The zero-order valence-electron chi connectivity index (χ0n) is 15.6. The first-order chi connectivity index (χ1) is 12.5. The maximum atomic E-state index is 12.1. The van der Waals surface area contributed by atoms with E-state index in [0.29, 0.717) is 17.3 Å². The molecule has 26 heavy (non-hydrogen) atoms. The largest absolute Gasteiger partial charge is 0.346 e. The molecule has 1 aliphatic heterocycles. The smallest absolute Gasteiger partial charge is 0.243 e. The molecule has 1 heterocycles. The van der Waals surface area contributed by atoms with Gasteiger partial charge in [-0.05, 0) is 76.5 Å². The lowest BCUT2D eigenvalue weighted by atomic mass is 9.93. The van der Waals surface area contributed by atoms with Gasteiger partial charge < -0.3 is 16.0 Å². The second kappa shape index (κ2) is 10.5. The number of hydrogen-bond donors (Lipinski definition) is 3. The quantitative estimate of drug-likeness (QED) is 0.645. The number of carbonyl (C=O) groups excluding carboxylic acids is 2. The van der Waals surface area contributed by atoms with E-state index in [0.717, 1.165) is 44.0 Å². The lowest BCUT2D eigenvalue weighted by molar-refractivity contribution is -0.125. The standard InChI is InChI=1S/C19H29ClN4O2/c1-14-16(20)4-3-5-17(14)23-18(25)12-22-19(26)13-24-10-7-15(8-11-24)6-9-21-2/h3-5,15,21H,6-13H2,1-2H3,(H,22,26)(H,23,25). The third kappa shape index (κ3) is 6.59. The van der Waals surface area contributed by atoms with Gasteiger partial charge in [-0.15, -0.1) is 0 Å². The number of nitrogens with zero attached hydrogens (tertiary/aromatic N) is 1. The first-order valence-electron chi connectivity index (χ1n) is 9.18. The van der Waals surface area contributed by atoms with Crippen molar-refractivity contribution in [3.63, 3.8) is 0 Å². The predicted molar refractivity (Wildman–Crippen MR) is 106 cm³/mol. The van der Waals surface area contributed by atoms with Gasteiger partial charge in [0.15, 0.2) is 0 Å². The van der Waals surface area contributed by atoms with E-state index in [2.05, 4.69) is 20.9 Å². The molecule has 0 radical (unpaired) electrons. The summed E-state index contributed by atoms with van der Waals surface area (Å²) >= 11 is 6.04. The third-order valence-electron chi connectivity index (χ3n) is 4.86. The number of anilines is 1. The van der Waals surface area contributed by atoms with E-state index >= 15 is 0 Å². The van der Waals surface area contributed by atoms with Gasteiger partial charge in [-0.1, -0.05) is 17.7 Å². The molecule has 1 saturated heterocycles. The highest BCUT2D eigenvalue weighted by Crippen LogP contribution is 2.22. The van der Waals surface area contributed by atoms with E-state index in [1.54, 1.807) is 18.2 Å². The summed E-state index contributed by atoms with van der Waals surface area (Å²) in [7, 11) is 1.98.